The molecule has 60 valence electrons. The van der Waals surface area contributed by atoms with Crippen LogP contribution >= 0.6 is 0 Å². The summed E-state index contributed by atoms with van der Waals surface area (Å²) in [6, 6.07) is 0. The summed E-state index contributed by atoms with van der Waals surface area (Å²) in [4.78, 5) is 9.56. The van der Waals surface area contributed by atoms with Crippen molar-refractivity contribution in [3.63, 3.8) is 0 Å². The number of hydrogen-bond acceptors (Lipinski definition) is 4. The molecule has 0 fully saturated rings. The van der Waals surface area contributed by atoms with Crippen LogP contribution in [0, 0.1) is 0 Å². The molecule has 0 N–H and O–H groups in total. The average Bonchev–Trinajstić information content (AvgIpc) is 1.89. The number of hydrogen-bond donors (Lipinski definition) is 0. The molecule has 0 aliphatic heterocycles. The molecule has 0 saturated heterocycles. The van der Waals surface area contributed by atoms with Crippen LogP contribution in [-0.4, -0.2) is 33.0 Å². The molecule has 0 amide bonds. The zero-order chi connectivity index (χ0) is 8.04. The van der Waals surface area contributed by atoms with Gasteiger partial charge in [-0.05, 0) is 0 Å². The minimum absolute atomic E-state index is 0.0420. The van der Waals surface area contributed by atoms with Gasteiger partial charge in [0.05, 0.1) is 5.75 Å². The number of carbonyl (C=O) groups is 1. The first kappa shape index (κ1) is 9.42. The highest BCUT2D eigenvalue weighted by Crippen LogP contribution is 1.87. The van der Waals surface area contributed by atoms with Crippen molar-refractivity contribution in [3.05, 3.63) is 0 Å². The van der Waals surface area contributed by atoms with Crippen molar-refractivity contribution in [2.24, 2.45) is 0 Å². The first-order chi connectivity index (χ1) is 4.62. The lowest BCUT2D eigenvalue weighted by molar-refractivity contribution is -0.128. The average molecular weight is 166 g/mol. The summed E-state index contributed by atoms with van der Waals surface area (Å²) >= 11 is 0. The van der Waals surface area contributed by atoms with Crippen LogP contribution in [0.2, 0.25) is 0 Å². The molecule has 0 atom stereocenters. The van der Waals surface area contributed by atoms with Gasteiger partial charge in [0.2, 0.25) is 0 Å². The molecule has 0 rings (SSSR count). The summed E-state index contributed by atoms with van der Waals surface area (Å²) in [6.07, 6.45) is 0. The van der Waals surface area contributed by atoms with Gasteiger partial charge in [-0.1, -0.05) is 6.92 Å². The van der Waals surface area contributed by atoms with Gasteiger partial charge in [-0.2, -0.15) is 0 Å². The second-order valence-electron chi connectivity index (χ2n) is 1.70. The van der Waals surface area contributed by atoms with Gasteiger partial charge < -0.3 is 4.74 Å². The summed E-state index contributed by atoms with van der Waals surface area (Å²) < 4.78 is 25.6. The molecule has 0 aromatic heterocycles. The standard InChI is InChI=1S/C5H10O4S/c1-2-10(7,8)4-3-9-5-6/h5H,2-4H2,1H3. The third kappa shape index (κ3) is 4.31. The van der Waals surface area contributed by atoms with E-state index in [1.165, 1.54) is 0 Å². The highest BCUT2D eigenvalue weighted by Gasteiger charge is 2.05. The lowest BCUT2D eigenvalue weighted by Crippen LogP contribution is -2.13. The summed E-state index contributed by atoms with van der Waals surface area (Å²) in [7, 11) is -2.98. The van der Waals surface area contributed by atoms with Gasteiger partial charge in [-0.3, -0.25) is 4.79 Å². The van der Waals surface area contributed by atoms with Crippen molar-refractivity contribution >= 4 is 16.3 Å². The Bertz CT molecular complexity index is 182. The van der Waals surface area contributed by atoms with E-state index in [0.29, 0.717) is 0 Å². The molecular weight excluding hydrogens is 156 g/mol. The second kappa shape index (κ2) is 4.27. The maximum atomic E-state index is 10.7. The maximum Gasteiger partial charge on any atom is 0.293 e. The van der Waals surface area contributed by atoms with Crippen LogP contribution in [0.15, 0.2) is 0 Å². The molecule has 0 aromatic rings. The summed E-state index contributed by atoms with van der Waals surface area (Å²) in [6.45, 7) is 1.75. The van der Waals surface area contributed by atoms with E-state index in [1.54, 1.807) is 6.92 Å². The Hall–Kier alpha value is -0.580. The van der Waals surface area contributed by atoms with Crippen LogP contribution < -0.4 is 0 Å². The highest BCUT2D eigenvalue weighted by atomic mass is 32.2. The molecule has 0 unspecified atom stereocenters. The number of carbonyl (C=O) groups excluding carboxylic acids is 1. The van der Waals surface area contributed by atoms with Crippen LogP contribution in [0.5, 0.6) is 0 Å². The Labute approximate surface area is 60.1 Å². The van der Waals surface area contributed by atoms with Gasteiger partial charge in [0.15, 0.2) is 9.84 Å². The smallest absolute Gasteiger partial charge is 0.293 e. The van der Waals surface area contributed by atoms with E-state index < -0.39 is 9.84 Å². The predicted molar refractivity (Wildman–Crippen MR) is 36.3 cm³/mol. The molecule has 10 heavy (non-hydrogen) atoms. The zero-order valence-corrected chi connectivity index (χ0v) is 6.56. The Morgan fingerprint density at radius 1 is 1.50 bits per heavy atom. The van der Waals surface area contributed by atoms with Crippen molar-refractivity contribution in [1.82, 2.24) is 0 Å². The fourth-order valence-corrected chi connectivity index (χ4v) is 1.01. The number of ether oxygens (including phenoxy) is 1. The van der Waals surface area contributed by atoms with Crippen LogP contribution in [0.3, 0.4) is 0 Å². The Kier molecular flexibility index (Phi) is 4.02. The third-order valence-corrected chi connectivity index (χ3v) is 2.69. The van der Waals surface area contributed by atoms with Gasteiger partial charge in [-0.15, -0.1) is 0 Å². The van der Waals surface area contributed by atoms with Gasteiger partial charge in [0, 0.05) is 5.75 Å². The minimum atomic E-state index is -2.98. The van der Waals surface area contributed by atoms with Crippen molar-refractivity contribution in [2.75, 3.05) is 18.1 Å². The highest BCUT2D eigenvalue weighted by molar-refractivity contribution is 7.91. The molecule has 0 heterocycles. The Morgan fingerprint density at radius 3 is 2.50 bits per heavy atom. The molecule has 0 spiro atoms. The van der Waals surface area contributed by atoms with Crippen molar-refractivity contribution in [2.45, 2.75) is 6.92 Å². The van der Waals surface area contributed by atoms with Crippen molar-refractivity contribution in [3.8, 4) is 0 Å². The molecule has 4 nitrogen and oxygen atoms in total. The largest absolute Gasteiger partial charge is 0.467 e. The van der Waals surface area contributed by atoms with Crippen molar-refractivity contribution < 1.29 is 17.9 Å². The molecule has 0 aliphatic rings. The Morgan fingerprint density at radius 2 is 2.10 bits per heavy atom. The van der Waals surface area contributed by atoms with Crippen molar-refractivity contribution in [1.29, 1.82) is 0 Å². The summed E-state index contributed by atoms with van der Waals surface area (Å²) in [5.41, 5.74) is 0. The van der Waals surface area contributed by atoms with E-state index in [-0.39, 0.29) is 24.6 Å². The van der Waals surface area contributed by atoms with E-state index in [2.05, 4.69) is 4.74 Å². The lowest BCUT2D eigenvalue weighted by Gasteiger charge is -1.97. The van der Waals surface area contributed by atoms with Crippen LogP contribution in [0.1, 0.15) is 6.92 Å². The van der Waals surface area contributed by atoms with E-state index >= 15 is 0 Å². The molecule has 0 aliphatic carbocycles. The first-order valence-corrected chi connectivity index (χ1v) is 4.70. The predicted octanol–water partition coefficient (Wildman–Crippen LogP) is -0.406. The van der Waals surface area contributed by atoms with Gasteiger partial charge in [-0.25, -0.2) is 8.42 Å². The number of sulfone groups is 1. The molecule has 0 bridgehead atoms. The normalized spacial score (nSPS) is 10.9. The minimum Gasteiger partial charge on any atom is -0.467 e. The topological polar surface area (TPSA) is 60.4 Å². The molecule has 0 saturated carbocycles. The van der Waals surface area contributed by atoms with Gasteiger partial charge in [0.25, 0.3) is 6.47 Å². The SMILES string of the molecule is CCS(=O)(=O)CCOC=O. The van der Waals surface area contributed by atoms with E-state index in [4.69, 9.17) is 0 Å². The van der Waals surface area contributed by atoms with E-state index in [1.807, 2.05) is 0 Å². The number of rotatable bonds is 5. The van der Waals surface area contributed by atoms with Crippen LogP contribution in [-0.2, 0) is 19.4 Å². The second-order valence-corrected chi connectivity index (χ2v) is 4.18. The fourth-order valence-electron chi connectivity index (χ4n) is 0.368. The molecule has 5 heteroatoms. The maximum absolute atomic E-state index is 10.7. The fraction of sp³-hybridized carbons (Fsp3) is 0.800. The van der Waals surface area contributed by atoms with Crippen LogP contribution in [0.4, 0.5) is 0 Å². The zero-order valence-electron chi connectivity index (χ0n) is 5.74. The summed E-state index contributed by atoms with van der Waals surface area (Å²) in [5.74, 6) is 0.0114. The third-order valence-electron chi connectivity index (χ3n) is 1.02. The summed E-state index contributed by atoms with van der Waals surface area (Å²) in [5, 5.41) is 0. The molecule has 0 aromatic carbocycles. The first-order valence-electron chi connectivity index (χ1n) is 2.88. The van der Waals surface area contributed by atoms with E-state index in [0.717, 1.165) is 0 Å². The monoisotopic (exact) mass is 166 g/mol. The Balaban J connectivity index is 3.58. The van der Waals surface area contributed by atoms with E-state index in [9.17, 15) is 13.2 Å². The van der Waals surface area contributed by atoms with Gasteiger partial charge in [0.1, 0.15) is 6.61 Å². The quantitative estimate of drug-likeness (QED) is 0.411. The van der Waals surface area contributed by atoms with Gasteiger partial charge >= 0.3 is 0 Å². The van der Waals surface area contributed by atoms with Crippen LogP contribution in [0.25, 0.3) is 0 Å². The molecule has 0 radical (unpaired) electrons. The lowest BCUT2D eigenvalue weighted by atomic mass is 10.9. The molecular formula is C5H10O4S.